The highest BCUT2D eigenvalue weighted by atomic mass is 79.9. The molecule has 0 spiro atoms. The molecular formula is C46H55BrN11O4P. The summed E-state index contributed by atoms with van der Waals surface area (Å²) in [5.74, 6) is 1.11. The minimum absolute atomic E-state index is 0.226. The number of pyridine rings is 1. The molecular weight excluding hydrogens is 881 g/mol. The van der Waals surface area contributed by atoms with E-state index in [1.165, 1.54) is 16.8 Å². The Labute approximate surface area is 376 Å². The number of carbonyl (C=O) groups is 2. The molecule has 2 saturated heterocycles. The molecule has 15 nitrogen and oxygen atoms in total. The molecule has 1 atom stereocenters. The quantitative estimate of drug-likeness (QED) is 0.0377. The zero-order valence-electron chi connectivity index (χ0n) is 36.4. The predicted octanol–water partition coefficient (Wildman–Crippen LogP) is 7.12. The molecule has 3 aromatic heterocycles. The van der Waals surface area contributed by atoms with E-state index in [0.29, 0.717) is 46.6 Å². The van der Waals surface area contributed by atoms with E-state index in [9.17, 15) is 14.2 Å². The standard InChI is InChI=1S/C46H55BrN11O4P/c1-6-30-24-37(54-46-50-27-34(47)44(56-46)53-36-12-11-35-33(10-7-28(2)52-35)43(36)63(4,5)61)41(62-3)25-39(30)57-21-16-32(17-22-57)49-20-19-48-18-15-29-8-9-31-26-51-58(40(31)23-29)38-13-14-42(59)55-45(38)60/h7-12,23-27,32,38,48-49H,6,13-22H2,1-5H3,(H,55,59,60)(H2,50,53,54,56). The van der Waals surface area contributed by atoms with Crippen LogP contribution in [0.25, 0.3) is 21.8 Å². The van der Waals surface area contributed by atoms with Crippen LogP contribution in [-0.2, 0) is 27.0 Å². The highest BCUT2D eigenvalue weighted by Gasteiger charge is 2.30. The van der Waals surface area contributed by atoms with Crippen molar-refractivity contribution in [2.75, 3.05) is 68.7 Å². The summed E-state index contributed by atoms with van der Waals surface area (Å²) in [6, 6.07) is 18.3. The van der Waals surface area contributed by atoms with Crippen molar-refractivity contribution in [2.45, 2.75) is 64.5 Å². The Balaban J connectivity index is 0.843. The number of hydrogen-bond acceptors (Lipinski definition) is 13. The average molecular weight is 937 g/mol. The summed E-state index contributed by atoms with van der Waals surface area (Å²) in [7, 11) is -1.04. The van der Waals surface area contributed by atoms with Crippen molar-refractivity contribution in [1.82, 2.24) is 40.7 Å². The van der Waals surface area contributed by atoms with Gasteiger partial charge in [-0.15, -0.1) is 0 Å². The number of fused-ring (bicyclic) bond motifs is 2. The molecule has 17 heteroatoms. The number of benzene rings is 3. The molecule has 5 heterocycles. The highest BCUT2D eigenvalue weighted by molar-refractivity contribution is 9.10. The average Bonchev–Trinajstić information content (AvgIpc) is 3.68. The van der Waals surface area contributed by atoms with Crippen LogP contribution in [0.2, 0.25) is 0 Å². The van der Waals surface area contributed by atoms with Crippen LogP contribution < -0.4 is 41.5 Å². The van der Waals surface area contributed by atoms with Gasteiger partial charge in [-0.2, -0.15) is 10.1 Å². The number of aryl methyl sites for hydroxylation is 2. The van der Waals surface area contributed by atoms with E-state index in [1.807, 2.05) is 37.3 Å². The van der Waals surface area contributed by atoms with Crippen LogP contribution in [0.4, 0.5) is 28.8 Å². The molecule has 2 aliphatic heterocycles. The number of halogens is 1. The van der Waals surface area contributed by atoms with E-state index >= 15 is 0 Å². The second-order valence-corrected chi connectivity index (χ2v) is 20.7. The van der Waals surface area contributed by atoms with Crippen LogP contribution >= 0.6 is 23.1 Å². The van der Waals surface area contributed by atoms with Gasteiger partial charge in [-0.25, -0.2) is 4.98 Å². The lowest BCUT2D eigenvalue weighted by molar-refractivity contribution is -0.135. The van der Waals surface area contributed by atoms with Crippen molar-refractivity contribution in [3.8, 4) is 5.75 Å². The molecule has 63 heavy (non-hydrogen) atoms. The zero-order valence-corrected chi connectivity index (χ0v) is 38.9. The van der Waals surface area contributed by atoms with Crippen LogP contribution in [0.5, 0.6) is 5.75 Å². The smallest absolute Gasteiger partial charge is 0.251 e. The maximum Gasteiger partial charge on any atom is 0.251 e. The second kappa shape index (κ2) is 19.1. The third-order valence-corrected chi connectivity index (χ3v) is 14.0. The van der Waals surface area contributed by atoms with E-state index in [2.05, 4.69) is 93.7 Å². The summed E-state index contributed by atoms with van der Waals surface area (Å²) in [5, 5.41) is 23.7. The topological polar surface area (TPSA) is 180 Å². The maximum atomic E-state index is 13.6. The van der Waals surface area contributed by atoms with Gasteiger partial charge in [0.15, 0.2) is 0 Å². The van der Waals surface area contributed by atoms with Gasteiger partial charge in [0.2, 0.25) is 11.9 Å². The predicted molar refractivity (Wildman–Crippen MR) is 255 cm³/mol. The molecule has 5 N–H and O–H groups in total. The lowest BCUT2D eigenvalue weighted by Gasteiger charge is -2.35. The summed E-state index contributed by atoms with van der Waals surface area (Å²) in [4.78, 5) is 40.7. The minimum Gasteiger partial charge on any atom is -0.494 e. The first-order chi connectivity index (χ1) is 30.4. The number of imide groups is 1. The van der Waals surface area contributed by atoms with Gasteiger partial charge in [0.1, 0.15) is 24.8 Å². The van der Waals surface area contributed by atoms with Gasteiger partial charge in [0.25, 0.3) is 5.91 Å². The zero-order chi connectivity index (χ0) is 44.3. The van der Waals surface area contributed by atoms with Crippen molar-refractivity contribution in [2.24, 2.45) is 0 Å². The SMILES string of the molecule is CCc1cc(Nc2ncc(Br)c(Nc3ccc4nc(C)ccc4c3P(C)(C)=O)n2)c(OC)cc1N1CCC(NCCNCCc2ccc3cnn(C4CCC(=O)NC4=O)c3c2)CC1. The van der Waals surface area contributed by atoms with E-state index in [4.69, 9.17) is 9.72 Å². The van der Waals surface area contributed by atoms with Crippen LogP contribution in [0.1, 0.15) is 55.5 Å². The monoisotopic (exact) mass is 935 g/mol. The number of nitrogens with zero attached hydrogens (tertiary/aromatic N) is 6. The van der Waals surface area contributed by atoms with Crippen LogP contribution in [0.15, 0.2) is 71.5 Å². The van der Waals surface area contributed by atoms with Crippen molar-refractivity contribution >= 4 is 90.8 Å². The molecule has 6 aromatic rings. The van der Waals surface area contributed by atoms with Crippen molar-refractivity contribution in [1.29, 1.82) is 0 Å². The van der Waals surface area contributed by atoms with E-state index < -0.39 is 13.2 Å². The summed E-state index contributed by atoms with van der Waals surface area (Å²) in [5.41, 5.74) is 7.65. The molecule has 0 saturated carbocycles. The van der Waals surface area contributed by atoms with Gasteiger partial charge >= 0.3 is 0 Å². The number of anilines is 5. The first-order valence-electron chi connectivity index (χ1n) is 21.6. The van der Waals surface area contributed by atoms with Crippen LogP contribution in [0, 0.1) is 6.92 Å². The highest BCUT2D eigenvalue weighted by Crippen LogP contribution is 2.42. The lowest BCUT2D eigenvalue weighted by Crippen LogP contribution is -2.44. The fraction of sp³-hybridized carbons (Fsp3) is 0.391. The van der Waals surface area contributed by atoms with Crippen molar-refractivity contribution in [3.05, 3.63) is 88.3 Å². The molecule has 1 unspecified atom stereocenters. The molecule has 0 bridgehead atoms. The van der Waals surface area contributed by atoms with Gasteiger partial charge in [0, 0.05) is 78.4 Å². The van der Waals surface area contributed by atoms with Gasteiger partial charge in [-0.1, -0.05) is 25.1 Å². The lowest BCUT2D eigenvalue weighted by atomic mass is 10.0. The third kappa shape index (κ3) is 10.0. The second-order valence-electron chi connectivity index (χ2n) is 16.7. The normalized spacial score (nSPS) is 16.2. The Bertz CT molecular complexity index is 2710. The van der Waals surface area contributed by atoms with Crippen molar-refractivity contribution in [3.63, 3.8) is 0 Å². The molecule has 2 amide bonds. The Morgan fingerprint density at radius 2 is 1.76 bits per heavy atom. The number of amides is 2. The first kappa shape index (κ1) is 44.2. The number of nitrogens with one attached hydrogen (secondary N) is 5. The molecule has 0 radical (unpaired) electrons. The minimum atomic E-state index is -2.72. The number of methoxy groups -OCH3 is 1. The molecule has 2 aliphatic rings. The summed E-state index contributed by atoms with van der Waals surface area (Å²) in [6.07, 6.45) is 8.03. The molecule has 8 rings (SSSR count). The van der Waals surface area contributed by atoms with Crippen molar-refractivity contribution < 1.29 is 18.9 Å². The summed E-state index contributed by atoms with van der Waals surface area (Å²) < 4.78 is 22.0. The Morgan fingerprint density at radius 1 is 0.937 bits per heavy atom. The van der Waals surface area contributed by atoms with Gasteiger partial charge in [-0.05, 0) is 116 Å². The number of piperidine rings is 2. The maximum absolute atomic E-state index is 13.6. The molecule has 0 aliphatic carbocycles. The number of hydrogen-bond donors (Lipinski definition) is 5. The Morgan fingerprint density at radius 3 is 2.52 bits per heavy atom. The Kier molecular flexibility index (Phi) is 13.4. The molecule has 3 aromatic carbocycles. The molecule has 330 valence electrons. The largest absolute Gasteiger partial charge is 0.494 e. The van der Waals surface area contributed by atoms with Gasteiger partial charge in [-0.3, -0.25) is 24.6 Å². The third-order valence-electron chi connectivity index (χ3n) is 11.9. The van der Waals surface area contributed by atoms with E-state index in [-0.39, 0.29) is 11.8 Å². The number of ether oxygens (including phenoxy) is 1. The number of aromatic nitrogens is 5. The summed E-state index contributed by atoms with van der Waals surface area (Å²) >= 11 is 3.62. The molecule has 2 fully saturated rings. The number of carbonyl (C=O) groups excluding carboxylic acids is 2. The van der Waals surface area contributed by atoms with Crippen LogP contribution in [-0.4, -0.2) is 95.8 Å². The van der Waals surface area contributed by atoms with Gasteiger partial charge in [0.05, 0.1) is 40.2 Å². The van der Waals surface area contributed by atoms with Crippen LogP contribution in [0.3, 0.4) is 0 Å². The van der Waals surface area contributed by atoms with Gasteiger partial charge < -0.3 is 35.5 Å². The fourth-order valence-electron chi connectivity index (χ4n) is 8.64. The first-order valence-corrected chi connectivity index (χ1v) is 25.0. The van der Waals surface area contributed by atoms with E-state index in [0.717, 1.165) is 96.9 Å². The number of rotatable bonds is 16. The fourth-order valence-corrected chi connectivity index (χ4v) is 10.4. The van der Waals surface area contributed by atoms with E-state index in [1.54, 1.807) is 37.5 Å². The summed E-state index contributed by atoms with van der Waals surface area (Å²) in [6.45, 7) is 12.1. The Hall–Kier alpha value is -5.41.